The molecule has 2 aromatic rings. The Kier molecular flexibility index (Phi) is 5.66. The number of hydrogen-bond acceptors (Lipinski definition) is 3. The van der Waals surface area contributed by atoms with Gasteiger partial charge >= 0.3 is 0 Å². The highest BCUT2D eigenvalue weighted by atomic mass is 16.2. The van der Waals surface area contributed by atoms with Gasteiger partial charge in [0.1, 0.15) is 0 Å². The fraction of sp³-hybridized carbons (Fsp3) is 0.381. The SMILES string of the molecule is Cc1ccc(C(=O)N2CCC(CC(=O)N(C)Cc3ccccc3)C2)cn1. The molecule has 1 saturated heterocycles. The lowest BCUT2D eigenvalue weighted by Crippen LogP contribution is -2.31. The Hall–Kier alpha value is -2.69. The molecule has 1 aromatic heterocycles. The van der Waals surface area contributed by atoms with E-state index in [-0.39, 0.29) is 17.7 Å². The topological polar surface area (TPSA) is 53.5 Å². The van der Waals surface area contributed by atoms with E-state index >= 15 is 0 Å². The summed E-state index contributed by atoms with van der Waals surface area (Å²) >= 11 is 0. The molecule has 2 heterocycles. The largest absolute Gasteiger partial charge is 0.341 e. The molecular formula is C21H25N3O2. The zero-order valence-corrected chi connectivity index (χ0v) is 15.4. The number of aromatic nitrogens is 1. The van der Waals surface area contributed by atoms with Gasteiger partial charge in [-0.2, -0.15) is 0 Å². The third-order valence-corrected chi connectivity index (χ3v) is 4.88. The molecule has 26 heavy (non-hydrogen) atoms. The van der Waals surface area contributed by atoms with Crippen LogP contribution in [0.3, 0.4) is 0 Å². The Morgan fingerprint density at radius 2 is 1.96 bits per heavy atom. The van der Waals surface area contributed by atoms with E-state index in [0.717, 1.165) is 17.7 Å². The van der Waals surface area contributed by atoms with Crippen molar-refractivity contribution in [1.82, 2.24) is 14.8 Å². The minimum absolute atomic E-state index is 0.00471. The highest BCUT2D eigenvalue weighted by molar-refractivity contribution is 5.94. The van der Waals surface area contributed by atoms with Crippen LogP contribution in [0.1, 0.15) is 34.5 Å². The van der Waals surface area contributed by atoms with Crippen molar-refractivity contribution >= 4 is 11.8 Å². The number of amides is 2. The molecule has 0 aliphatic carbocycles. The lowest BCUT2D eigenvalue weighted by Gasteiger charge is -2.20. The summed E-state index contributed by atoms with van der Waals surface area (Å²) in [6.07, 6.45) is 2.99. The summed E-state index contributed by atoms with van der Waals surface area (Å²) in [6, 6.07) is 13.6. The summed E-state index contributed by atoms with van der Waals surface area (Å²) < 4.78 is 0. The molecule has 3 rings (SSSR count). The van der Waals surface area contributed by atoms with Crippen molar-refractivity contribution in [3.63, 3.8) is 0 Å². The van der Waals surface area contributed by atoms with Crippen molar-refractivity contribution in [3.8, 4) is 0 Å². The molecule has 1 aromatic carbocycles. The summed E-state index contributed by atoms with van der Waals surface area (Å²) in [4.78, 5) is 32.9. The number of rotatable bonds is 5. The first-order chi connectivity index (χ1) is 12.5. The fourth-order valence-corrected chi connectivity index (χ4v) is 3.31. The van der Waals surface area contributed by atoms with E-state index < -0.39 is 0 Å². The van der Waals surface area contributed by atoms with Gasteiger partial charge in [-0.15, -0.1) is 0 Å². The number of hydrogen-bond donors (Lipinski definition) is 0. The second-order valence-electron chi connectivity index (χ2n) is 7.03. The second kappa shape index (κ2) is 8.13. The van der Waals surface area contributed by atoms with Crippen LogP contribution in [0.5, 0.6) is 0 Å². The molecule has 5 nitrogen and oxygen atoms in total. The number of aryl methyl sites for hydroxylation is 1. The third-order valence-electron chi connectivity index (χ3n) is 4.88. The van der Waals surface area contributed by atoms with Gasteiger partial charge in [0.05, 0.1) is 5.56 Å². The van der Waals surface area contributed by atoms with Crippen LogP contribution in [0.25, 0.3) is 0 Å². The van der Waals surface area contributed by atoms with E-state index in [1.54, 1.807) is 11.1 Å². The summed E-state index contributed by atoms with van der Waals surface area (Å²) in [5.74, 6) is 0.360. The van der Waals surface area contributed by atoms with Gasteiger partial charge < -0.3 is 9.80 Å². The van der Waals surface area contributed by atoms with E-state index in [2.05, 4.69) is 4.98 Å². The van der Waals surface area contributed by atoms with Crippen LogP contribution in [0.4, 0.5) is 0 Å². The predicted molar refractivity (Wildman–Crippen MR) is 101 cm³/mol. The van der Waals surface area contributed by atoms with E-state index in [4.69, 9.17) is 0 Å². The van der Waals surface area contributed by atoms with Crippen molar-refractivity contribution in [2.45, 2.75) is 26.3 Å². The van der Waals surface area contributed by atoms with Gasteiger partial charge in [0, 0.05) is 45.0 Å². The number of carbonyl (C=O) groups excluding carboxylic acids is 2. The van der Waals surface area contributed by atoms with Gasteiger partial charge in [-0.3, -0.25) is 14.6 Å². The molecule has 1 fully saturated rings. The first kappa shape index (κ1) is 18.1. The lowest BCUT2D eigenvalue weighted by atomic mass is 10.0. The van der Waals surface area contributed by atoms with Gasteiger partial charge in [0.25, 0.3) is 5.91 Å². The molecule has 136 valence electrons. The Morgan fingerprint density at radius 1 is 1.19 bits per heavy atom. The van der Waals surface area contributed by atoms with Gasteiger partial charge in [-0.1, -0.05) is 30.3 Å². The van der Waals surface area contributed by atoms with Crippen molar-refractivity contribution < 1.29 is 9.59 Å². The zero-order valence-electron chi connectivity index (χ0n) is 15.4. The molecule has 5 heteroatoms. The van der Waals surface area contributed by atoms with Crippen molar-refractivity contribution in [2.75, 3.05) is 20.1 Å². The highest BCUT2D eigenvalue weighted by Gasteiger charge is 2.29. The Labute approximate surface area is 154 Å². The van der Waals surface area contributed by atoms with Crippen LogP contribution in [0.2, 0.25) is 0 Å². The molecule has 1 aliphatic rings. The first-order valence-corrected chi connectivity index (χ1v) is 9.03. The summed E-state index contributed by atoms with van der Waals surface area (Å²) in [5, 5.41) is 0. The van der Waals surface area contributed by atoms with Crippen LogP contribution < -0.4 is 0 Å². The quantitative estimate of drug-likeness (QED) is 0.832. The van der Waals surface area contributed by atoms with Crippen LogP contribution in [0.15, 0.2) is 48.7 Å². The van der Waals surface area contributed by atoms with Gasteiger partial charge in [0.2, 0.25) is 5.91 Å². The molecule has 1 aliphatic heterocycles. The second-order valence-corrected chi connectivity index (χ2v) is 7.03. The molecule has 2 amide bonds. The average molecular weight is 351 g/mol. The number of benzene rings is 1. The van der Waals surface area contributed by atoms with E-state index in [0.29, 0.717) is 31.6 Å². The van der Waals surface area contributed by atoms with Crippen molar-refractivity contribution in [3.05, 3.63) is 65.5 Å². The minimum atomic E-state index is 0.00471. The van der Waals surface area contributed by atoms with Gasteiger partial charge in [-0.05, 0) is 37.0 Å². The molecule has 1 atom stereocenters. The summed E-state index contributed by atoms with van der Waals surface area (Å²) in [5.41, 5.74) is 2.63. The van der Waals surface area contributed by atoms with Crippen LogP contribution >= 0.6 is 0 Å². The third kappa shape index (κ3) is 4.48. The molecule has 0 bridgehead atoms. The molecule has 0 radical (unpaired) electrons. The molecule has 1 unspecified atom stereocenters. The number of carbonyl (C=O) groups is 2. The number of pyridine rings is 1. The number of nitrogens with zero attached hydrogens (tertiary/aromatic N) is 3. The Bertz CT molecular complexity index is 759. The first-order valence-electron chi connectivity index (χ1n) is 9.03. The van der Waals surface area contributed by atoms with Gasteiger partial charge in [-0.25, -0.2) is 0 Å². The highest BCUT2D eigenvalue weighted by Crippen LogP contribution is 2.22. The molecule has 0 saturated carbocycles. The monoisotopic (exact) mass is 351 g/mol. The maximum Gasteiger partial charge on any atom is 0.255 e. The maximum absolute atomic E-state index is 12.6. The van der Waals surface area contributed by atoms with E-state index in [1.165, 1.54) is 0 Å². The smallest absolute Gasteiger partial charge is 0.255 e. The molecule has 0 spiro atoms. The predicted octanol–water partition coefficient (Wildman–Crippen LogP) is 2.90. The zero-order chi connectivity index (χ0) is 18.5. The normalized spacial score (nSPS) is 16.5. The average Bonchev–Trinajstić information content (AvgIpc) is 3.11. The van der Waals surface area contributed by atoms with Gasteiger partial charge in [0.15, 0.2) is 0 Å². The van der Waals surface area contributed by atoms with Crippen LogP contribution in [0, 0.1) is 12.8 Å². The molecular weight excluding hydrogens is 326 g/mol. The standard InChI is InChI=1S/C21H25N3O2/c1-16-8-9-19(13-22-16)21(26)24-11-10-18(15-24)12-20(25)23(2)14-17-6-4-3-5-7-17/h3-9,13,18H,10-12,14-15H2,1-2H3. The lowest BCUT2D eigenvalue weighted by molar-refractivity contribution is -0.131. The summed E-state index contributed by atoms with van der Waals surface area (Å²) in [6.45, 7) is 3.85. The van der Waals surface area contributed by atoms with E-state index in [1.807, 2.05) is 61.3 Å². The molecule has 0 N–H and O–H groups in total. The van der Waals surface area contributed by atoms with E-state index in [9.17, 15) is 9.59 Å². The Morgan fingerprint density at radius 3 is 2.65 bits per heavy atom. The maximum atomic E-state index is 12.6. The summed E-state index contributed by atoms with van der Waals surface area (Å²) in [7, 11) is 1.84. The van der Waals surface area contributed by atoms with Crippen molar-refractivity contribution in [2.24, 2.45) is 5.92 Å². The number of likely N-dealkylation sites (tertiary alicyclic amines) is 1. The minimum Gasteiger partial charge on any atom is -0.341 e. The Balaban J connectivity index is 1.51. The van der Waals surface area contributed by atoms with Crippen molar-refractivity contribution in [1.29, 1.82) is 0 Å². The van der Waals surface area contributed by atoms with Crippen LogP contribution in [-0.2, 0) is 11.3 Å². The van der Waals surface area contributed by atoms with Crippen LogP contribution in [-0.4, -0.2) is 46.7 Å². The fourth-order valence-electron chi connectivity index (χ4n) is 3.31.